The number of nitrogens with zero attached hydrogens (tertiary/aromatic N) is 2. The molecule has 1 aliphatic heterocycles. The summed E-state index contributed by atoms with van der Waals surface area (Å²) in [5.74, 6) is -2.19. The molecule has 3 aromatic rings. The van der Waals surface area contributed by atoms with Crippen molar-refractivity contribution in [2.24, 2.45) is 0 Å². The van der Waals surface area contributed by atoms with E-state index in [1.54, 1.807) is 24.3 Å². The van der Waals surface area contributed by atoms with Gasteiger partial charge in [-0.1, -0.05) is 23.7 Å². The van der Waals surface area contributed by atoms with E-state index in [0.29, 0.717) is 16.9 Å². The van der Waals surface area contributed by atoms with Crippen molar-refractivity contribution in [2.75, 3.05) is 4.90 Å². The first-order chi connectivity index (χ1) is 16.5. The monoisotopic (exact) mass is 507 g/mol. The van der Waals surface area contributed by atoms with Crippen LogP contribution >= 0.6 is 23.8 Å². The van der Waals surface area contributed by atoms with Crippen molar-refractivity contribution >= 4 is 58.5 Å². The molecule has 0 bridgehead atoms. The van der Waals surface area contributed by atoms with Gasteiger partial charge >= 0.3 is 5.97 Å². The third-order valence-electron chi connectivity index (χ3n) is 6.13. The molecule has 35 heavy (non-hydrogen) atoms. The van der Waals surface area contributed by atoms with Gasteiger partial charge in [0, 0.05) is 17.1 Å². The van der Waals surface area contributed by atoms with Crippen LogP contribution in [0.5, 0.6) is 0 Å². The first-order valence-electron chi connectivity index (χ1n) is 10.7. The minimum Gasteiger partial charge on any atom is -0.478 e. The number of aromatic carboxylic acids is 1. The highest BCUT2D eigenvalue weighted by Gasteiger charge is 2.35. The summed E-state index contributed by atoms with van der Waals surface area (Å²) < 4.78 is 1.88. The number of hydrogen-bond acceptors (Lipinski definition) is 4. The van der Waals surface area contributed by atoms with Gasteiger partial charge in [-0.25, -0.2) is 4.79 Å². The molecule has 4 rings (SSSR count). The number of hydrogen-bond donors (Lipinski definition) is 2. The first-order valence-corrected chi connectivity index (χ1v) is 11.5. The summed E-state index contributed by atoms with van der Waals surface area (Å²) in [6, 6.07) is 12.1. The third-order valence-corrected chi connectivity index (χ3v) is 6.73. The van der Waals surface area contributed by atoms with Crippen LogP contribution in [-0.4, -0.2) is 32.6 Å². The minimum absolute atomic E-state index is 0.00666. The van der Waals surface area contributed by atoms with Crippen molar-refractivity contribution in [3.05, 3.63) is 86.7 Å². The van der Waals surface area contributed by atoms with Gasteiger partial charge in [-0.15, -0.1) is 0 Å². The highest BCUT2D eigenvalue weighted by molar-refractivity contribution is 7.80. The van der Waals surface area contributed by atoms with Gasteiger partial charge in [0.05, 0.1) is 16.3 Å². The number of anilines is 1. The minimum atomic E-state index is -1.11. The van der Waals surface area contributed by atoms with Crippen molar-refractivity contribution in [3.63, 3.8) is 0 Å². The maximum Gasteiger partial charge on any atom is 0.337 e. The van der Waals surface area contributed by atoms with Crippen LogP contribution in [0.15, 0.2) is 48.0 Å². The van der Waals surface area contributed by atoms with E-state index in [1.807, 2.05) is 50.5 Å². The molecule has 1 aromatic heterocycles. The Morgan fingerprint density at radius 2 is 1.80 bits per heavy atom. The lowest BCUT2D eigenvalue weighted by atomic mass is 10.0. The first kappa shape index (κ1) is 24.4. The van der Waals surface area contributed by atoms with Gasteiger partial charge in [0.2, 0.25) is 0 Å². The number of rotatable bonds is 4. The number of halogens is 1. The zero-order valence-corrected chi connectivity index (χ0v) is 21.0. The predicted molar refractivity (Wildman–Crippen MR) is 139 cm³/mol. The summed E-state index contributed by atoms with van der Waals surface area (Å²) in [5.41, 5.74) is 5.36. The fourth-order valence-electron chi connectivity index (χ4n) is 4.16. The Morgan fingerprint density at radius 3 is 2.46 bits per heavy atom. The molecule has 2 N–H and O–H groups in total. The molecule has 2 amide bonds. The second-order valence-electron chi connectivity index (χ2n) is 8.31. The molecule has 1 aliphatic rings. The molecule has 9 heteroatoms. The Balaban J connectivity index is 1.78. The molecular formula is C26H22ClN3O4S. The standard InChI is InChI=1S/C26H22ClN3O4S/c1-13-6-5-7-22(15(13)3)30-24(32)20(23(31)28-26(30)35)11-17-10-14(2)29(16(17)4)18-8-9-19(25(33)34)21(27)12-18/h5-12H,1-4H3,(H,33,34)(H,28,31,35). The Morgan fingerprint density at radius 1 is 1.09 bits per heavy atom. The smallest absolute Gasteiger partial charge is 0.337 e. The number of carboxylic acids is 1. The number of aromatic nitrogens is 1. The van der Waals surface area contributed by atoms with Crippen molar-refractivity contribution in [1.82, 2.24) is 9.88 Å². The number of benzene rings is 2. The average Bonchev–Trinajstić information content (AvgIpc) is 3.06. The molecule has 1 fully saturated rings. The third kappa shape index (κ3) is 4.26. The van der Waals surface area contributed by atoms with E-state index in [-0.39, 0.29) is 21.3 Å². The average molecular weight is 508 g/mol. The quantitative estimate of drug-likeness (QED) is 0.298. The summed E-state index contributed by atoms with van der Waals surface area (Å²) >= 11 is 11.5. The molecule has 0 spiro atoms. The van der Waals surface area contributed by atoms with Crippen molar-refractivity contribution in [1.29, 1.82) is 0 Å². The van der Waals surface area contributed by atoms with Crippen LogP contribution in [0.1, 0.15) is 38.4 Å². The Bertz CT molecular complexity index is 1470. The van der Waals surface area contributed by atoms with Gasteiger partial charge < -0.3 is 9.67 Å². The lowest BCUT2D eigenvalue weighted by molar-refractivity contribution is -0.122. The zero-order chi connectivity index (χ0) is 25.6. The summed E-state index contributed by atoms with van der Waals surface area (Å²) in [6.07, 6.45) is 1.55. The van der Waals surface area contributed by atoms with Gasteiger partial charge in [0.1, 0.15) is 5.57 Å². The van der Waals surface area contributed by atoms with Gasteiger partial charge in [-0.3, -0.25) is 19.8 Å². The second kappa shape index (κ2) is 9.13. The molecule has 0 atom stereocenters. The normalized spacial score (nSPS) is 15.1. The van der Waals surface area contributed by atoms with Gasteiger partial charge in [-0.2, -0.15) is 0 Å². The predicted octanol–water partition coefficient (Wildman–Crippen LogP) is 4.89. The highest BCUT2D eigenvalue weighted by atomic mass is 35.5. The van der Waals surface area contributed by atoms with Gasteiger partial charge in [0.25, 0.3) is 11.8 Å². The molecule has 1 saturated heterocycles. The van der Waals surface area contributed by atoms with Crippen LogP contribution in [0.2, 0.25) is 5.02 Å². The SMILES string of the molecule is Cc1cccc(N2C(=O)C(=Cc3cc(C)n(-c4ccc(C(=O)O)c(Cl)c4)c3C)C(=O)NC2=S)c1C. The lowest BCUT2D eigenvalue weighted by Gasteiger charge is -2.30. The summed E-state index contributed by atoms with van der Waals surface area (Å²) in [7, 11) is 0. The van der Waals surface area contributed by atoms with Crippen molar-refractivity contribution in [3.8, 4) is 5.69 Å². The largest absolute Gasteiger partial charge is 0.478 e. The Labute approximate surface area is 212 Å². The highest BCUT2D eigenvalue weighted by Crippen LogP contribution is 2.29. The fourth-order valence-corrected chi connectivity index (χ4v) is 4.69. The van der Waals surface area contributed by atoms with Crippen LogP contribution in [-0.2, 0) is 9.59 Å². The number of thiocarbonyl (C=S) groups is 1. The van der Waals surface area contributed by atoms with Crippen LogP contribution in [0.3, 0.4) is 0 Å². The number of carboxylic acid groups (broad SMARTS) is 1. The zero-order valence-electron chi connectivity index (χ0n) is 19.5. The molecule has 2 heterocycles. The van der Waals surface area contributed by atoms with Crippen molar-refractivity contribution in [2.45, 2.75) is 27.7 Å². The van der Waals surface area contributed by atoms with E-state index in [4.69, 9.17) is 23.8 Å². The molecule has 7 nitrogen and oxygen atoms in total. The Kier molecular flexibility index (Phi) is 6.36. The summed E-state index contributed by atoms with van der Waals surface area (Å²) in [6.45, 7) is 7.55. The second-order valence-corrected chi connectivity index (χ2v) is 9.10. The molecule has 178 valence electrons. The number of carbonyl (C=O) groups excluding carboxylic acids is 2. The van der Waals surface area contributed by atoms with E-state index in [0.717, 1.165) is 22.5 Å². The van der Waals surface area contributed by atoms with E-state index in [1.165, 1.54) is 11.0 Å². The van der Waals surface area contributed by atoms with E-state index >= 15 is 0 Å². The van der Waals surface area contributed by atoms with Crippen LogP contribution < -0.4 is 10.2 Å². The lowest BCUT2D eigenvalue weighted by Crippen LogP contribution is -2.54. The van der Waals surface area contributed by atoms with Crippen LogP contribution in [0.25, 0.3) is 11.8 Å². The molecule has 0 saturated carbocycles. The molecule has 2 aromatic carbocycles. The molecule has 0 unspecified atom stereocenters. The Hall–Kier alpha value is -3.75. The van der Waals surface area contributed by atoms with E-state index in [2.05, 4.69) is 5.32 Å². The van der Waals surface area contributed by atoms with E-state index < -0.39 is 17.8 Å². The van der Waals surface area contributed by atoms with Gasteiger partial charge in [0.15, 0.2) is 5.11 Å². The maximum atomic E-state index is 13.5. The topological polar surface area (TPSA) is 91.6 Å². The molecular weight excluding hydrogens is 486 g/mol. The van der Waals surface area contributed by atoms with E-state index in [9.17, 15) is 19.5 Å². The number of carbonyl (C=O) groups is 3. The van der Waals surface area contributed by atoms with Crippen molar-refractivity contribution < 1.29 is 19.5 Å². The molecule has 0 aliphatic carbocycles. The fraction of sp³-hybridized carbons (Fsp3) is 0.154. The summed E-state index contributed by atoms with van der Waals surface area (Å²) in [4.78, 5) is 38.9. The van der Waals surface area contributed by atoms with Crippen LogP contribution in [0, 0.1) is 27.7 Å². The maximum absolute atomic E-state index is 13.5. The number of aryl methyl sites for hydroxylation is 2. The summed E-state index contributed by atoms with van der Waals surface area (Å²) in [5, 5.41) is 12.0. The molecule has 0 radical (unpaired) electrons. The van der Waals surface area contributed by atoms with Crippen LogP contribution in [0.4, 0.5) is 5.69 Å². The number of nitrogens with one attached hydrogen (secondary N) is 1. The number of amides is 2. The van der Waals surface area contributed by atoms with Gasteiger partial charge in [-0.05, 0) is 93.0 Å².